The number of carbonyl (C=O) groups is 1. The van der Waals surface area contributed by atoms with Crippen molar-refractivity contribution in [3.8, 4) is 0 Å². The minimum absolute atomic E-state index is 0.0621. The summed E-state index contributed by atoms with van der Waals surface area (Å²) in [5, 5.41) is 17.1. The van der Waals surface area contributed by atoms with Crippen LogP contribution in [0.15, 0.2) is 36.9 Å². The lowest BCUT2D eigenvalue weighted by atomic mass is 10.1. The fourth-order valence-electron chi connectivity index (χ4n) is 2.38. The Morgan fingerprint density at radius 3 is 2.92 bits per heavy atom. The molecule has 0 unspecified atom stereocenters. The van der Waals surface area contributed by atoms with E-state index in [0.29, 0.717) is 23.8 Å². The Morgan fingerprint density at radius 1 is 1.42 bits per heavy atom. The first-order valence-electron chi connectivity index (χ1n) is 7.92. The van der Waals surface area contributed by atoms with Crippen molar-refractivity contribution in [2.45, 2.75) is 31.8 Å². The zero-order chi connectivity index (χ0) is 16.9. The van der Waals surface area contributed by atoms with E-state index >= 15 is 0 Å². The number of nitro groups is 1. The van der Waals surface area contributed by atoms with Gasteiger partial charge in [0.1, 0.15) is 5.69 Å². The molecule has 1 heterocycles. The van der Waals surface area contributed by atoms with E-state index in [0.717, 1.165) is 25.8 Å². The van der Waals surface area contributed by atoms with Gasteiger partial charge in [0.15, 0.2) is 0 Å². The molecule has 0 saturated heterocycles. The quantitative estimate of drug-likeness (QED) is 0.439. The third-order valence-corrected chi connectivity index (χ3v) is 3.83. The minimum atomic E-state index is -0.458. The fraction of sp³-hybridized carbons (Fsp3) is 0.375. The van der Waals surface area contributed by atoms with E-state index in [4.69, 9.17) is 0 Å². The monoisotopic (exact) mass is 329 g/mol. The molecule has 0 bridgehead atoms. The number of amides is 1. The van der Waals surface area contributed by atoms with E-state index in [1.54, 1.807) is 24.7 Å². The second-order valence-corrected chi connectivity index (χ2v) is 5.82. The van der Waals surface area contributed by atoms with Gasteiger partial charge in [-0.2, -0.15) is 0 Å². The van der Waals surface area contributed by atoms with Crippen LogP contribution in [0.5, 0.6) is 0 Å². The van der Waals surface area contributed by atoms with Crippen LogP contribution in [0.3, 0.4) is 0 Å². The predicted octanol–water partition coefficient (Wildman–Crippen LogP) is 2.19. The number of imidazole rings is 1. The predicted molar refractivity (Wildman–Crippen MR) is 88.9 cm³/mol. The van der Waals surface area contributed by atoms with Gasteiger partial charge in [0, 0.05) is 43.2 Å². The lowest BCUT2D eigenvalue weighted by Gasteiger charge is -2.09. The molecule has 1 fully saturated rings. The first-order chi connectivity index (χ1) is 11.6. The number of nitro benzene ring substituents is 1. The van der Waals surface area contributed by atoms with Gasteiger partial charge < -0.3 is 15.2 Å². The number of aryl methyl sites for hydroxylation is 1. The standard InChI is InChI=1S/C16H19N5O3/c22-16(18-6-1-8-20-9-7-17-11-20)12-2-5-14(19-13-3-4-13)15(10-12)21(23)24/h2,5,7,9-11,13,19H,1,3-4,6,8H2,(H,18,22). The van der Waals surface area contributed by atoms with Crippen LogP contribution in [0.4, 0.5) is 11.4 Å². The molecule has 1 aromatic carbocycles. The van der Waals surface area contributed by atoms with Crippen LogP contribution >= 0.6 is 0 Å². The van der Waals surface area contributed by atoms with Crippen molar-refractivity contribution >= 4 is 17.3 Å². The maximum Gasteiger partial charge on any atom is 0.293 e. The average molecular weight is 329 g/mol. The van der Waals surface area contributed by atoms with E-state index in [9.17, 15) is 14.9 Å². The van der Waals surface area contributed by atoms with Crippen LogP contribution in [-0.2, 0) is 6.54 Å². The van der Waals surface area contributed by atoms with Gasteiger partial charge >= 0.3 is 0 Å². The van der Waals surface area contributed by atoms with Crippen LogP contribution in [-0.4, -0.2) is 33.0 Å². The molecule has 1 aromatic heterocycles. The molecule has 3 rings (SSSR count). The van der Waals surface area contributed by atoms with Crippen LogP contribution in [0.1, 0.15) is 29.6 Å². The van der Waals surface area contributed by atoms with Gasteiger partial charge in [-0.1, -0.05) is 0 Å². The van der Waals surface area contributed by atoms with Crippen LogP contribution in [0, 0.1) is 10.1 Å². The summed E-state index contributed by atoms with van der Waals surface area (Å²) in [5.41, 5.74) is 0.706. The molecule has 2 aromatic rings. The van der Waals surface area contributed by atoms with Gasteiger partial charge in [-0.05, 0) is 31.4 Å². The van der Waals surface area contributed by atoms with Crippen molar-refractivity contribution in [2.24, 2.45) is 0 Å². The molecule has 8 nitrogen and oxygen atoms in total. The van der Waals surface area contributed by atoms with Crippen molar-refractivity contribution in [2.75, 3.05) is 11.9 Å². The van der Waals surface area contributed by atoms with Crippen molar-refractivity contribution in [1.29, 1.82) is 0 Å². The molecule has 1 aliphatic rings. The van der Waals surface area contributed by atoms with E-state index in [-0.39, 0.29) is 11.6 Å². The summed E-state index contributed by atoms with van der Waals surface area (Å²) in [6.45, 7) is 1.25. The lowest BCUT2D eigenvalue weighted by Crippen LogP contribution is -2.25. The molecule has 0 atom stereocenters. The second-order valence-electron chi connectivity index (χ2n) is 5.82. The smallest absolute Gasteiger partial charge is 0.293 e. The highest BCUT2D eigenvalue weighted by atomic mass is 16.6. The van der Waals surface area contributed by atoms with Crippen LogP contribution in [0.25, 0.3) is 0 Å². The third-order valence-electron chi connectivity index (χ3n) is 3.83. The van der Waals surface area contributed by atoms with Crippen molar-refractivity contribution < 1.29 is 9.72 Å². The van der Waals surface area contributed by atoms with Crippen LogP contribution in [0.2, 0.25) is 0 Å². The Bertz CT molecular complexity index is 725. The molecule has 0 spiro atoms. The van der Waals surface area contributed by atoms with Gasteiger partial charge in [-0.3, -0.25) is 14.9 Å². The summed E-state index contributed by atoms with van der Waals surface area (Å²) in [6, 6.07) is 4.86. The minimum Gasteiger partial charge on any atom is -0.377 e. The Labute approximate surface area is 139 Å². The topological polar surface area (TPSA) is 102 Å². The molecule has 1 aliphatic carbocycles. The summed E-state index contributed by atoms with van der Waals surface area (Å²) in [5.74, 6) is -0.304. The molecule has 1 saturated carbocycles. The number of benzene rings is 1. The van der Waals surface area contributed by atoms with Crippen molar-refractivity contribution in [3.05, 3.63) is 52.6 Å². The van der Waals surface area contributed by atoms with Gasteiger partial charge in [-0.25, -0.2) is 4.98 Å². The third kappa shape index (κ3) is 4.09. The zero-order valence-corrected chi connectivity index (χ0v) is 13.1. The van der Waals surface area contributed by atoms with E-state index in [1.165, 1.54) is 6.07 Å². The normalized spacial score (nSPS) is 13.5. The van der Waals surface area contributed by atoms with Gasteiger partial charge in [0.2, 0.25) is 0 Å². The van der Waals surface area contributed by atoms with E-state index in [2.05, 4.69) is 15.6 Å². The summed E-state index contributed by atoms with van der Waals surface area (Å²) in [7, 11) is 0. The Morgan fingerprint density at radius 2 is 2.25 bits per heavy atom. The van der Waals surface area contributed by atoms with E-state index in [1.807, 2.05) is 10.8 Å². The van der Waals surface area contributed by atoms with E-state index < -0.39 is 4.92 Å². The van der Waals surface area contributed by atoms with Crippen molar-refractivity contribution in [3.63, 3.8) is 0 Å². The first-order valence-corrected chi connectivity index (χ1v) is 7.92. The number of aromatic nitrogens is 2. The fourth-order valence-corrected chi connectivity index (χ4v) is 2.38. The molecule has 2 N–H and O–H groups in total. The van der Waals surface area contributed by atoms with Gasteiger partial charge in [0.25, 0.3) is 11.6 Å². The van der Waals surface area contributed by atoms with Crippen LogP contribution < -0.4 is 10.6 Å². The number of rotatable bonds is 8. The molecule has 126 valence electrons. The molecular weight excluding hydrogens is 310 g/mol. The first kappa shape index (κ1) is 16.0. The highest BCUT2D eigenvalue weighted by Crippen LogP contribution is 2.31. The SMILES string of the molecule is O=C(NCCCn1ccnc1)c1ccc(NC2CC2)c([N+](=O)[O-])c1. The maximum absolute atomic E-state index is 12.2. The number of nitrogens with zero attached hydrogens (tertiary/aromatic N) is 3. The Kier molecular flexibility index (Phi) is 4.74. The van der Waals surface area contributed by atoms with Crippen molar-refractivity contribution in [1.82, 2.24) is 14.9 Å². The zero-order valence-electron chi connectivity index (χ0n) is 13.1. The molecule has 0 radical (unpaired) electrons. The second kappa shape index (κ2) is 7.12. The maximum atomic E-state index is 12.2. The molecule has 0 aliphatic heterocycles. The van der Waals surface area contributed by atoms with Gasteiger partial charge in [-0.15, -0.1) is 0 Å². The Hall–Kier alpha value is -2.90. The molecular formula is C16H19N5O3. The average Bonchev–Trinajstić information content (AvgIpc) is 3.23. The highest BCUT2D eigenvalue weighted by Gasteiger charge is 2.25. The number of anilines is 1. The molecule has 1 amide bonds. The lowest BCUT2D eigenvalue weighted by molar-refractivity contribution is -0.384. The number of nitrogens with one attached hydrogen (secondary N) is 2. The number of hydrogen-bond donors (Lipinski definition) is 2. The summed E-state index contributed by atoms with van der Waals surface area (Å²) in [4.78, 5) is 26.9. The Balaban J connectivity index is 1.57. The summed E-state index contributed by atoms with van der Waals surface area (Å²) >= 11 is 0. The largest absolute Gasteiger partial charge is 0.377 e. The number of hydrogen-bond acceptors (Lipinski definition) is 5. The summed E-state index contributed by atoms with van der Waals surface area (Å²) < 4.78 is 1.93. The molecule has 24 heavy (non-hydrogen) atoms. The highest BCUT2D eigenvalue weighted by molar-refractivity contribution is 5.95. The van der Waals surface area contributed by atoms with Gasteiger partial charge in [0.05, 0.1) is 11.3 Å². The number of carbonyl (C=O) groups excluding carboxylic acids is 1. The summed E-state index contributed by atoms with van der Waals surface area (Å²) in [6.07, 6.45) is 8.08. The molecule has 8 heteroatoms.